The van der Waals surface area contributed by atoms with Crippen LogP contribution in [0.25, 0.3) is 0 Å². The van der Waals surface area contributed by atoms with E-state index in [0.29, 0.717) is 0 Å². The number of esters is 1. The zero-order valence-corrected chi connectivity index (χ0v) is 14.2. The van der Waals surface area contributed by atoms with Gasteiger partial charge in [0.25, 0.3) is 0 Å². The molecule has 2 fully saturated rings. The second-order valence-corrected chi connectivity index (χ2v) is 6.38. The maximum atomic E-state index is 12.1. The zero-order chi connectivity index (χ0) is 18.8. The van der Waals surface area contributed by atoms with E-state index in [0.717, 1.165) is 4.57 Å². The maximum absolute atomic E-state index is 12.1. The van der Waals surface area contributed by atoms with Gasteiger partial charge in [0.2, 0.25) is 0 Å². The lowest BCUT2D eigenvalue weighted by Gasteiger charge is -2.18. The monoisotopic (exact) mass is 369 g/mol. The van der Waals surface area contributed by atoms with Gasteiger partial charge in [0, 0.05) is 12.6 Å². The standard InChI is InChI=1S/C15H19N3O8/c1-7(2)5-10(19)23-6-8-11-12(26-15(21)25-11)13(24-8)18-4-3-9(17-22)16-14(18)20/h3-4,7-8,11-13,22H,5-6H2,1-2H3,(H,16,17,20)/t8-,11-,12-,13-/m1/s1. The number of ether oxygens (including phenoxy) is 4. The van der Waals surface area contributed by atoms with Gasteiger partial charge in [-0.05, 0) is 12.0 Å². The van der Waals surface area contributed by atoms with Crippen molar-refractivity contribution in [3.63, 3.8) is 0 Å². The Bertz CT molecular complexity index is 749. The van der Waals surface area contributed by atoms with E-state index in [1.54, 1.807) is 5.48 Å². The lowest BCUT2D eigenvalue weighted by atomic mass is 10.1. The molecule has 2 N–H and O–H groups in total. The summed E-state index contributed by atoms with van der Waals surface area (Å²) in [5.41, 5.74) is 1.03. The molecular weight excluding hydrogens is 350 g/mol. The number of carbonyl (C=O) groups excluding carboxylic acids is 2. The second-order valence-electron chi connectivity index (χ2n) is 6.38. The highest BCUT2D eigenvalue weighted by atomic mass is 16.8. The first-order chi connectivity index (χ1) is 12.4. The van der Waals surface area contributed by atoms with Gasteiger partial charge in [-0.15, -0.1) is 0 Å². The molecule has 11 heteroatoms. The van der Waals surface area contributed by atoms with Crippen molar-refractivity contribution in [1.82, 2.24) is 9.55 Å². The van der Waals surface area contributed by atoms with Crippen LogP contribution in [-0.2, 0) is 23.7 Å². The molecule has 2 saturated heterocycles. The molecule has 0 amide bonds. The van der Waals surface area contributed by atoms with Crippen LogP contribution in [0.1, 0.15) is 26.5 Å². The zero-order valence-electron chi connectivity index (χ0n) is 14.2. The van der Waals surface area contributed by atoms with E-state index < -0.39 is 42.4 Å². The van der Waals surface area contributed by atoms with Crippen LogP contribution in [0.3, 0.4) is 0 Å². The minimum Gasteiger partial charge on any atom is -0.463 e. The highest BCUT2D eigenvalue weighted by molar-refractivity contribution is 5.69. The van der Waals surface area contributed by atoms with E-state index in [4.69, 9.17) is 24.2 Å². The number of carbonyl (C=O) groups is 2. The number of nitrogens with zero attached hydrogens (tertiary/aromatic N) is 2. The quantitative estimate of drug-likeness (QED) is 0.536. The van der Waals surface area contributed by atoms with Crippen LogP contribution in [0.15, 0.2) is 17.1 Å². The van der Waals surface area contributed by atoms with Crippen LogP contribution in [-0.4, -0.2) is 51.8 Å². The summed E-state index contributed by atoms with van der Waals surface area (Å²) < 4.78 is 22.2. The molecule has 0 bridgehead atoms. The summed E-state index contributed by atoms with van der Waals surface area (Å²) >= 11 is 0. The van der Waals surface area contributed by atoms with Crippen LogP contribution in [0.5, 0.6) is 0 Å². The highest BCUT2D eigenvalue weighted by Gasteiger charge is 2.55. The van der Waals surface area contributed by atoms with Gasteiger partial charge in [-0.1, -0.05) is 13.8 Å². The number of nitrogens with one attached hydrogen (secondary N) is 1. The smallest absolute Gasteiger partial charge is 0.463 e. The number of hydrogen-bond donors (Lipinski definition) is 2. The Kier molecular flexibility index (Phi) is 5.09. The van der Waals surface area contributed by atoms with E-state index in [1.165, 1.54) is 12.3 Å². The average Bonchev–Trinajstić information content (AvgIpc) is 3.10. The molecule has 0 radical (unpaired) electrons. The Morgan fingerprint density at radius 1 is 1.38 bits per heavy atom. The lowest BCUT2D eigenvalue weighted by molar-refractivity contribution is -0.151. The normalized spacial score (nSPS) is 27.0. The summed E-state index contributed by atoms with van der Waals surface area (Å²) in [6, 6.07) is 1.34. The Morgan fingerprint density at radius 2 is 2.12 bits per heavy atom. The number of hydrogen-bond acceptors (Lipinski definition) is 10. The van der Waals surface area contributed by atoms with Crippen LogP contribution in [0, 0.1) is 5.92 Å². The molecule has 0 spiro atoms. The largest absolute Gasteiger partial charge is 0.509 e. The highest BCUT2D eigenvalue weighted by Crippen LogP contribution is 2.37. The predicted octanol–water partition coefficient (Wildman–Crippen LogP) is 0.435. The molecule has 3 rings (SSSR count). The molecule has 2 aliphatic heterocycles. The van der Waals surface area contributed by atoms with Crippen molar-refractivity contribution in [3.8, 4) is 0 Å². The molecule has 11 nitrogen and oxygen atoms in total. The summed E-state index contributed by atoms with van der Waals surface area (Å²) in [5, 5.41) is 8.80. The summed E-state index contributed by atoms with van der Waals surface area (Å²) in [6.45, 7) is 3.63. The van der Waals surface area contributed by atoms with Crippen molar-refractivity contribution >= 4 is 17.9 Å². The number of aromatic nitrogens is 2. The van der Waals surface area contributed by atoms with E-state index in [-0.39, 0.29) is 24.8 Å². The third-order valence-corrected chi connectivity index (χ3v) is 3.95. The van der Waals surface area contributed by atoms with Crippen LogP contribution >= 0.6 is 0 Å². The van der Waals surface area contributed by atoms with Crippen LogP contribution in [0.4, 0.5) is 10.6 Å². The molecule has 0 unspecified atom stereocenters. The van der Waals surface area contributed by atoms with Crippen LogP contribution < -0.4 is 11.2 Å². The van der Waals surface area contributed by atoms with E-state index in [1.807, 2.05) is 13.8 Å². The Balaban J connectivity index is 1.75. The van der Waals surface area contributed by atoms with Gasteiger partial charge in [-0.25, -0.2) is 9.59 Å². The fraction of sp³-hybridized carbons (Fsp3) is 0.600. The summed E-state index contributed by atoms with van der Waals surface area (Å²) in [7, 11) is 0. The van der Waals surface area contributed by atoms with Crippen LogP contribution in [0.2, 0.25) is 0 Å². The molecule has 0 aliphatic carbocycles. The Hall–Kier alpha value is -2.66. The molecule has 1 aromatic heterocycles. The molecule has 1 aromatic rings. The minimum absolute atomic E-state index is 0.0420. The summed E-state index contributed by atoms with van der Waals surface area (Å²) in [4.78, 5) is 38.9. The number of rotatable bonds is 6. The van der Waals surface area contributed by atoms with Gasteiger partial charge in [0.05, 0.1) is 0 Å². The van der Waals surface area contributed by atoms with E-state index >= 15 is 0 Å². The first-order valence-corrected chi connectivity index (χ1v) is 8.06. The molecular formula is C15H19N3O8. The topological polar surface area (TPSA) is 138 Å². The van der Waals surface area contributed by atoms with Gasteiger partial charge in [0.15, 0.2) is 24.3 Å². The molecule has 142 valence electrons. The van der Waals surface area contributed by atoms with Gasteiger partial charge >= 0.3 is 17.8 Å². The van der Waals surface area contributed by atoms with Crippen molar-refractivity contribution in [1.29, 1.82) is 0 Å². The third kappa shape index (κ3) is 3.63. The fourth-order valence-electron chi connectivity index (χ4n) is 2.82. The van der Waals surface area contributed by atoms with Gasteiger partial charge in [0.1, 0.15) is 12.7 Å². The molecule has 3 heterocycles. The number of anilines is 1. The second kappa shape index (κ2) is 7.30. The Morgan fingerprint density at radius 3 is 2.77 bits per heavy atom. The van der Waals surface area contributed by atoms with Crippen molar-refractivity contribution in [2.45, 2.75) is 44.8 Å². The fourth-order valence-corrected chi connectivity index (χ4v) is 2.82. The third-order valence-electron chi connectivity index (χ3n) is 3.95. The number of fused-ring (bicyclic) bond motifs is 1. The maximum Gasteiger partial charge on any atom is 0.509 e. The first-order valence-electron chi connectivity index (χ1n) is 8.06. The van der Waals surface area contributed by atoms with E-state index in [2.05, 4.69) is 4.98 Å². The lowest BCUT2D eigenvalue weighted by Crippen LogP contribution is -2.34. The summed E-state index contributed by atoms with van der Waals surface area (Å²) in [6.07, 6.45) is -2.79. The van der Waals surface area contributed by atoms with Crippen molar-refractivity contribution in [2.24, 2.45) is 5.92 Å². The average molecular weight is 369 g/mol. The predicted molar refractivity (Wildman–Crippen MR) is 83.4 cm³/mol. The molecule has 0 saturated carbocycles. The molecule has 0 aromatic carbocycles. The molecule has 26 heavy (non-hydrogen) atoms. The van der Waals surface area contributed by atoms with Crippen molar-refractivity contribution in [2.75, 3.05) is 12.1 Å². The summed E-state index contributed by atoms with van der Waals surface area (Å²) in [5.74, 6) is -0.297. The van der Waals surface area contributed by atoms with E-state index in [9.17, 15) is 14.4 Å². The Labute approximate surface area is 147 Å². The minimum atomic E-state index is -0.993. The SMILES string of the molecule is CC(C)CC(=O)OC[C@H]1O[C@@H](n2ccc(NO)nc2=O)[C@@H]2OC(=O)O[C@@H]21. The first kappa shape index (κ1) is 18.1. The van der Waals surface area contributed by atoms with Gasteiger partial charge in [-0.3, -0.25) is 20.0 Å². The molecule has 2 aliphatic rings. The van der Waals surface area contributed by atoms with Crippen molar-refractivity contribution < 1.29 is 33.7 Å². The van der Waals surface area contributed by atoms with Gasteiger partial charge in [-0.2, -0.15) is 4.98 Å². The molecule has 4 atom stereocenters. The van der Waals surface area contributed by atoms with Gasteiger partial charge < -0.3 is 18.9 Å². The van der Waals surface area contributed by atoms with Crippen molar-refractivity contribution in [3.05, 3.63) is 22.7 Å².